The minimum atomic E-state index is 0.425. The Morgan fingerprint density at radius 3 is 2.78 bits per heavy atom. The monoisotopic (exact) mass is 248 g/mol. The number of rotatable bonds is 3. The second-order valence-electron chi connectivity index (χ2n) is 5.56. The van der Waals surface area contributed by atoms with Crippen molar-refractivity contribution in [3.8, 4) is 5.75 Å². The number of piperidine rings is 1. The van der Waals surface area contributed by atoms with Crippen molar-refractivity contribution in [1.29, 1.82) is 0 Å². The molecule has 0 aliphatic carbocycles. The summed E-state index contributed by atoms with van der Waals surface area (Å²) in [6.45, 7) is 5.14. The molecule has 0 amide bonds. The topological polar surface area (TPSA) is 35.5 Å². The number of hydrogen-bond donors (Lipinski definition) is 2. The first-order valence-electron chi connectivity index (χ1n) is 6.76. The van der Waals surface area contributed by atoms with Gasteiger partial charge in [-0.25, -0.2) is 0 Å². The van der Waals surface area contributed by atoms with E-state index in [1.807, 2.05) is 20.2 Å². The summed E-state index contributed by atoms with van der Waals surface area (Å²) in [6, 6.07) is 3.96. The highest BCUT2D eigenvalue weighted by Crippen LogP contribution is 2.32. The number of phenols is 1. The molecule has 1 aromatic carbocycles. The van der Waals surface area contributed by atoms with Gasteiger partial charge in [0, 0.05) is 18.7 Å². The summed E-state index contributed by atoms with van der Waals surface area (Å²) in [7, 11) is 4.07. The molecule has 0 radical (unpaired) electrons. The van der Waals surface area contributed by atoms with E-state index in [0.29, 0.717) is 11.7 Å². The van der Waals surface area contributed by atoms with Crippen LogP contribution in [0.4, 0.5) is 0 Å². The van der Waals surface area contributed by atoms with E-state index < -0.39 is 0 Å². The van der Waals surface area contributed by atoms with Gasteiger partial charge in [-0.3, -0.25) is 0 Å². The summed E-state index contributed by atoms with van der Waals surface area (Å²) < 4.78 is 0. The molecule has 1 aromatic rings. The van der Waals surface area contributed by atoms with Crippen LogP contribution in [-0.4, -0.2) is 37.2 Å². The molecule has 1 unspecified atom stereocenters. The smallest absolute Gasteiger partial charge is 0.120 e. The summed E-state index contributed by atoms with van der Waals surface area (Å²) in [6.07, 6.45) is 2.49. The van der Waals surface area contributed by atoms with Crippen molar-refractivity contribution < 1.29 is 5.11 Å². The predicted molar refractivity (Wildman–Crippen MR) is 75.1 cm³/mol. The van der Waals surface area contributed by atoms with Gasteiger partial charge in [-0.1, -0.05) is 6.07 Å². The van der Waals surface area contributed by atoms with Crippen LogP contribution in [0.25, 0.3) is 0 Å². The van der Waals surface area contributed by atoms with Gasteiger partial charge >= 0.3 is 0 Å². The van der Waals surface area contributed by atoms with Crippen LogP contribution >= 0.6 is 0 Å². The lowest BCUT2D eigenvalue weighted by Gasteiger charge is -2.26. The molecule has 1 saturated heterocycles. The van der Waals surface area contributed by atoms with E-state index in [-0.39, 0.29) is 0 Å². The molecular formula is C15H24N2O. The fourth-order valence-corrected chi connectivity index (χ4v) is 2.84. The number of phenolic OH excluding ortho intramolecular Hbond substituents is 1. The fraction of sp³-hybridized carbons (Fsp3) is 0.600. The lowest BCUT2D eigenvalue weighted by molar-refractivity contribution is 0.383. The third-order valence-corrected chi connectivity index (χ3v) is 3.83. The van der Waals surface area contributed by atoms with E-state index in [1.54, 1.807) is 0 Å². The highest BCUT2D eigenvalue weighted by molar-refractivity contribution is 5.45. The molecule has 2 N–H and O–H groups in total. The molecule has 18 heavy (non-hydrogen) atoms. The molecule has 1 fully saturated rings. The maximum atomic E-state index is 10.0. The lowest BCUT2D eigenvalue weighted by Crippen LogP contribution is -2.29. The van der Waals surface area contributed by atoms with E-state index in [0.717, 1.165) is 25.2 Å². The Bertz CT molecular complexity index is 409. The van der Waals surface area contributed by atoms with E-state index >= 15 is 0 Å². The predicted octanol–water partition coefficient (Wildman–Crippen LogP) is 2.23. The van der Waals surface area contributed by atoms with Gasteiger partial charge < -0.3 is 15.3 Å². The third kappa shape index (κ3) is 2.85. The molecule has 0 bridgehead atoms. The standard InChI is InChI=1S/C15H24N2O/c1-11-13(12-5-4-8-16-9-12)6-7-15(18)14(11)10-17(2)3/h6-7,12,16,18H,4-5,8-10H2,1-3H3. The first-order valence-corrected chi connectivity index (χ1v) is 6.76. The minimum Gasteiger partial charge on any atom is -0.508 e. The fourth-order valence-electron chi connectivity index (χ4n) is 2.84. The highest BCUT2D eigenvalue weighted by atomic mass is 16.3. The van der Waals surface area contributed by atoms with Crippen molar-refractivity contribution in [3.63, 3.8) is 0 Å². The molecule has 0 spiro atoms. The first-order chi connectivity index (χ1) is 8.59. The molecule has 1 aliphatic heterocycles. The zero-order valence-electron chi connectivity index (χ0n) is 11.7. The number of aromatic hydroxyl groups is 1. The van der Waals surface area contributed by atoms with Crippen molar-refractivity contribution in [2.45, 2.75) is 32.2 Å². The van der Waals surface area contributed by atoms with Crippen LogP contribution < -0.4 is 5.32 Å². The number of nitrogens with zero attached hydrogens (tertiary/aromatic N) is 1. The van der Waals surface area contributed by atoms with Gasteiger partial charge in [0.15, 0.2) is 0 Å². The third-order valence-electron chi connectivity index (χ3n) is 3.83. The molecule has 2 rings (SSSR count). The van der Waals surface area contributed by atoms with Crippen molar-refractivity contribution in [3.05, 3.63) is 28.8 Å². The number of hydrogen-bond acceptors (Lipinski definition) is 3. The molecule has 1 aliphatic rings. The average molecular weight is 248 g/mol. The van der Waals surface area contributed by atoms with Crippen LogP contribution in [-0.2, 0) is 6.54 Å². The molecule has 100 valence electrons. The van der Waals surface area contributed by atoms with Gasteiger partial charge in [-0.2, -0.15) is 0 Å². The van der Waals surface area contributed by atoms with Crippen LogP contribution in [0.5, 0.6) is 5.75 Å². The maximum Gasteiger partial charge on any atom is 0.120 e. The Labute approximate surface area is 110 Å². The highest BCUT2D eigenvalue weighted by Gasteiger charge is 2.19. The Balaban J connectivity index is 2.30. The molecule has 1 heterocycles. The zero-order valence-corrected chi connectivity index (χ0v) is 11.7. The van der Waals surface area contributed by atoms with E-state index in [4.69, 9.17) is 0 Å². The second-order valence-corrected chi connectivity index (χ2v) is 5.56. The van der Waals surface area contributed by atoms with Gasteiger partial charge in [0.25, 0.3) is 0 Å². The summed E-state index contributed by atoms with van der Waals surface area (Å²) in [5.74, 6) is 1.02. The Hall–Kier alpha value is -1.06. The van der Waals surface area contributed by atoms with E-state index in [2.05, 4.69) is 23.2 Å². The summed E-state index contributed by atoms with van der Waals surface area (Å²) in [4.78, 5) is 2.10. The van der Waals surface area contributed by atoms with Crippen molar-refractivity contribution >= 4 is 0 Å². The van der Waals surface area contributed by atoms with Gasteiger partial charge in [-0.05, 0) is 63.5 Å². The summed E-state index contributed by atoms with van der Waals surface area (Å²) in [5.41, 5.74) is 3.73. The van der Waals surface area contributed by atoms with Gasteiger partial charge in [0.05, 0.1) is 0 Å². The molecule has 1 atom stereocenters. The quantitative estimate of drug-likeness (QED) is 0.861. The normalized spacial score (nSPS) is 20.3. The Morgan fingerprint density at radius 2 is 2.17 bits per heavy atom. The van der Waals surface area contributed by atoms with Crippen LogP contribution in [0.3, 0.4) is 0 Å². The Morgan fingerprint density at radius 1 is 1.39 bits per heavy atom. The van der Waals surface area contributed by atoms with Gasteiger partial charge in [0.1, 0.15) is 5.75 Å². The zero-order chi connectivity index (χ0) is 13.1. The lowest BCUT2D eigenvalue weighted by atomic mass is 9.86. The van der Waals surface area contributed by atoms with Crippen LogP contribution in [0, 0.1) is 6.92 Å². The largest absolute Gasteiger partial charge is 0.508 e. The molecule has 3 nitrogen and oxygen atoms in total. The molecule has 3 heteroatoms. The van der Waals surface area contributed by atoms with Crippen LogP contribution in [0.1, 0.15) is 35.4 Å². The van der Waals surface area contributed by atoms with Crippen molar-refractivity contribution in [2.75, 3.05) is 27.2 Å². The van der Waals surface area contributed by atoms with Crippen molar-refractivity contribution in [1.82, 2.24) is 10.2 Å². The summed E-state index contributed by atoms with van der Waals surface area (Å²) >= 11 is 0. The van der Waals surface area contributed by atoms with Crippen LogP contribution in [0.15, 0.2) is 12.1 Å². The maximum absolute atomic E-state index is 10.0. The SMILES string of the molecule is Cc1c(C2CCCNC2)ccc(O)c1CN(C)C. The average Bonchev–Trinajstić information content (AvgIpc) is 2.35. The van der Waals surface area contributed by atoms with Crippen molar-refractivity contribution in [2.24, 2.45) is 0 Å². The molecule has 0 saturated carbocycles. The van der Waals surface area contributed by atoms with Crippen LogP contribution in [0.2, 0.25) is 0 Å². The second kappa shape index (κ2) is 5.72. The van der Waals surface area contributed by atoms with Gasteiger partial charge in [0.2, 0.25) is 0 Å². The Kier molecular flexibility index (Phi) is 4.25. The first kappa shape index (κ1) is 13.4. The minimum absolute atomic E-state index is 0.425. The molecule has 0 aromatic heterocycles. The van der Waals surface area contributed by atoms with E-state index in [1.165, 1.54) is 24.0 Å². The number of nitrogens with one attached hydrogen (secondary N) is 1. The summed E-state index contributed by atoms with van der Waals surface area (Å²) in [5, 5.41) is 13.5. The number of benzene rings is 1. The van der Waals surface area contributed by atoms with Gasteiger partial charge in [-0.15, -0.1) is 0 Å². The van der Waals surface area contributed by atoms with E-state index in [9.17, 15) is 5.11 Å². The molecular weight excluding hydrogens is 224 g/mol.